The third-order valence-electron chi connectivity index (χ3n) is 1.37. The van der Waals surface area contributed by atoms with Crippen LogP contribution in [-0.2, 0) is 9.59 Å². The van der Waals surface area contributed by atoms with Crippen molar-refractivity contribution < 1.29 is 14.7 Å². The highest BCUT2D eigenvalue weighted by atomic mass is 16.4. The van der Waals surface area contributed by atoms with Crippen molar-refractivity contribution in [1.82, 2.24) is 5.32 Å². The van der Waals surface area contributed by atoms with Gasteiger partial charge in [-0.05, 0) is 13.3 Å². The van der Waals surface area contributed by atoms with E-state index in [1.165, 1.54) is 0 Å². The number of carbonyl (C=O) groups is 2. The van der Waals surface area contributed by atoms with Gasteiger partial charge in [-0.3, -0.25) is 9.59 Å². The Labute approximate surface area is 72.0 Å². The predicted octanol–water partition coefficient (Wildman–Crippen LogP) is 0.766. The Kier molecular flexibility index (Phi) is 5.08. The standard InChI is InChI=1S/C8H15NO3/c1-3-4-7(10)9-6(2)5-8(11)12/h6H,3-5H2,1-2H3,(H,9,10)(H,11,12). The monoisotopic (exact) mass is 173 g/mol. The predicted molar refractivity (Wildman–Crippen MR) is 44.8 cm³/mol. The van der Waals surface area contributed by atoms with E-state index in [0.29, 0.717) is 6.42 Å². The second-order valence-electron chi connectivity index (χ2n) is 2.82. The lowest BCUT2D eigenvalue weighted by Gasteiger charge is -2.10. The van der Waals surface area contributed by atoms with Gasteiger partial charge in [-0.15, -0.1) is 0 Å². The van der Waals surface area contributed by atoms with Gasteiger partial charge in [0.25, 0.3) is 0 Å². The van der Waals surface area contributed by atoms with Crippen LogP contribution in [0, 0.1) is 0 Å². The molecule has 1 unspecified atom stereocenters. The van der Waals surface area contributed by atoms with Gasteiger partial charge in [-0.2, -0.15) is 0 Å². The summed E-state index contributed by atoms with van der Waals surface area (Å²) in [5, 5.41) is 11.0. The Balaban J connectivity index is 3.61. The van der Waals surface area contributed by atoms with Crippen molar-refractivity contribution in [1.29, 1.82) is 0 Å². The molecule has 4 nitrogen and oxygen atoms in total. The van der Waals surface area contributed by atoms with Crippen LogP contribution in [-0.4, -0.2) is 23.0 Å². The van der Waals surface area contributed by atoms with Crippen LogP contribution in [0.5, 0.6) is 0 Å². The van der Waals surface area contributed by atoms with E-state index in [9.17, 15) is 9.59 Å². The van der Waals surface area contributed by atoms with Crippen molar-refractivity contribution in [3.05, 3.63) is 0 Å². The number of hydrogen-bond acceptors (Lipinski definition) is 2. The fraction of sp³-hybridized carbons (Fsp3) is 0.750. The Morgan fingerprint density at radius 2 is 2.08 bits per heavy atom. The molecular weight excluding hydrogens is 158 g/mol. The molecule has 0 aromatic heterocycles. The lowest BCUT2D eigenvalue weighted by atomic mass is 10.2. The summed E-state index contributed by atoms with van der Waals surface area (Å²) >= 11 is 0. The third kappa shape index (κ3) is 5.70. The van der Waals surface area contributed by atoms with Crippen LogP contribution in [0.15, 0.2) is 0 Å². The van der Waals surface area contributed by atoms with Gasteiger partial charge in [0.2, 0.25) is 5.91 Å². The first-order valence-corrected chi connectivity index (χ1v) is 4.07. The molecule has 1 amide bonds. The van der Waals surface area contributed by atoms with Crippen molar-refractivity contribution in [2.24, 2.45) is 0 Å². The average Bonchev–Trinajstić information content (AvgIpc) is 1.84. The molecule has 0 spiro atoms. The molecule has 2 N–H and O–H groups in total. The van der Waals surface area contributed by atoms with Gasteiger partial charge in [-0.25, -0.2) is 0 Å². The molecule has 0 saturated heterocycles. The summed E-state index contributed by atoms with van der Waals surface area (Å²) in [5.74, 6) is -0.967. The van der Waals surface area contributed by atoms with Crippen LogP contribution in [0.3, 0.4) is 0 Å². The van der Waals surface area contributed by atoms with Crippen molar-refractivity contribution in [2.45, 2.75) is 39.2 Å². The highest BCUT2D eigenvalue weighted by molar-refractivity contribution is 5.77. The van der Waals surface area contributed by atoms with Gasteiger partial charge in [0.05, 0.1) is 6.42 Å². The van der Waals surface area contributed by atoms with E-state index in [4.69, 9.17) is 5.11 Å². The fourth-order valence-electron chi connectivity index (χ4n) is 0.887. The summed E-state index contributed by atoms with van der Waals surface area (Å²) in [6, 6.07) is -0.276. The summed E-state index contributed by atoms with van der Waals surface area (Å²) in [6.45, 7) is 3.59. The molecular formula is C8H15NO3. The molecule has 0 aliphatic carbocycles. The molecule has 0 bridgehead atoms. The van der Waals surface area contributed by atoms with E-state index in [1.54, 1.807) is 6.92 Å². The summed E-state index contributed by atoms with van der Waals surface area (Å²) in [5.41, 5.74) is 0. The first-order valence-electron chi connectivity index (χ1n) is 4.07. The van der Waals surface area contributed by atoms with E-state index in [2.05, 4.69) is 5.32 Å². The zero-order valence-corrected chi connectivity index (χ0v) is 7.46. The van der Waals surface area contributed by atoms with E-state index in [1.807, 2.05) is 6.92 Å². The Morgan fingerprint density at radius 1 is 1.50 bits per heavy atom. The molecule has 0 fully saturated rings. The summed E-state index contributed by atoms with van der Waals surface area (Å²) < 4.78 is 0. The Hall–Kier alpha value is -1.06. The number of carboxylic acid groups (broad SMARTS) is 1. The topological polar surface area (TPSA) is 66.4 Å². The molecule has 0 aromatic rings. The third-order valence-corrected chi connectivity index (χ3v) is 1.37. The molecule has 0 aromatic carbocycles. The first-order chi connectivity index (χ1) is 5.56. The molecule has 0 heterocycles. The number of aliphatic carboxylic acids is 1. The molecule has 0 saturated carbocycles. The molecule has 4 heteroatoms. The highest BCUT2D eigenvalue weighted by Crippen LogP contribution is 1.93. The fourth-order valence-corrected chi connectivity index (χ4v) is 0.887. The van der Waals surface area contributed by atoms with Gasteiger partial charge < -0.3 is 10.4 Å². The number of carbonyl (C=O) groups excluding carboxylic acids is 1. The quantitative estimate of drug-likeness (QED) is 0.645. The molecule has 12 heavy (non-hydrogen) atoms. The van der Waals surface area contributed by atoms with Gasteiger partial charge >= 0.3 is 5.97 Å². The second kappa shape index (κ2) is 5.57. The lowest BCUT2D eigenvalue weighted by molar-refractivity contribution is -0.137. The number of carboxylic acids is 1. The summed E-state index contributed by atoms with van der Waals surface area (Å²) in [6.07, 6.45) is 1.23. The smallest absolute Gasteiger partial charge is 0.305 e. The van der Waals surface area contributed by atoms with Crippen LogP contribution >= 0.6 is 0 Å². The van der Waals surface area contributed by atoms with Crippen molar-refractivity contribution in [3.63, 3.8) is 0 Å². The summed E-state index contributed by atoms with van der Waals surface area (Å²) in [7, 11) is 0. The maximum Gasteiger partial charge on any atom is 0.305 e. The molecule has 1 atom stereocenters. The minimum Gasteiger partial charge on any atom is -0.481 e. The highest BCUT2D eigenvalue weighted by Gasteiger charge is 2.09. The SMILES string of the molecule is CCCC(=O)NC(C)CC(=O)O. The van der Waals surface area contributed by atoms with Gasteiger partial charge in [0, 0.05) is 12.5 Å². The van der Waals surface area contributed by atoms with Gasteiger partial charge in [0.15, 0.2) is 0 Å². The zero-order valence-electron chi connectivity index (χ0n) is 7.46. The van der Waals surface area contributed by atoms with Crippen molar-refractivity contribution >= 4 is 11.9 Å². The van der Waals surface area contributed by atoms with Crippen LogP contribution in [0.25, 0.3) is 0 Å². The molecule has 0 aliphatic heterocycles. The van der Waals surface area contributed by atoms with E-state index in [0.717, 1.165) is 6.42 Å². The van der Waals surface area contributed by atoms with Crippen LogP contribution in [0.1, 0.15) is 33.1 Å². The van der Waals surface area contributed by atoms with Crippen molar-refractivity contribution in [2.75, 3.05) is 0 Å². The van der Waals surface area contributed by atoms with Gasteiger partial charge in [-0.1, -0.05) is 6.92 Å². The van der Waals surface area contributed by atoms with Crippen molar-refractivity contribution in [3.8, 4) is 0 Å². The average molecular weight is 173 g/mol. The maximum absolute atomic E-state index is 10.9. The number of hydrogen-bond donors (Lipinski definition) is 2. The second-order valence-corrected chi connectivity index (χ2v) is 2.82. The molecule has 0 radical (unpaired) electrons. The summed E-state index contributed by atoms with van der Waals surface area (Å²) in [4.78, 5) is 21.1. The van der Waals surface area contributed by atoms with E-state index >= 15 is 0 Å². The molecule has 0 rings (SSSR count). The normalized spacial score (nSPS) is 12.2. The largest absolute Gasteiger partial charge is 0.481 e. The molecule has 0 aliphatic rings. The maximum atomic E-state index is 10.9. The number of nitrogens with one attached hydrogen (secondary N) is 1. The lowest BCUT2D eigenvalue weighted by Crippen LogP contribution is -2.33. The minimum atomic E-state index is -0.890. The molecule has 70 valence electrons. The van der Waals surface area contributed by atoms with E-state index in [-0.39, 0.29) is 18.4 Å². The van der Waals surface area contributed by atoms with E-state index < -0.39 is 5.97 Å². The Morgan fingerprint density at radius 3 is 2.50 bits per heavy atom. The van der Waals surface area contributed by atoms with Crippen LogP contribution < -0.4 is 5.32 Å². The van der Waals surface area contributed by atoms with Gasteiger partial charge in [0.1, 0.15) is 0 Å². The Bertz CT molecular complexity index is 168. The number of amides is 1. The van der Waals surface area contributed by atoms with Crippen LogP contribution in [0.2, 0.25) is 0 Å². The van der Waals surface area contributed by atoms with Crippen LogP contribution in [0.4, 0.5) is 0 Å². The minimum absolute atomic E-state index is 0.0184. The number of rotatable bonds is 5. The zero-order chi connectivity index (χ0) is 9.56. The first kappa shape index (κ1) is 10.9.